The molecule has 0 radical (unpaired) electrons. The van der Waals surface area contributed by atoms with Crippen molar-refractivity contribution in [1.82, 2.24) is 4.98 Å². The van der Waals surface area contributed by atoms with E-state index in [4.69, 9.17) is 5.73 Å². The lowest BCUT2D eigenvalue weighted by Gasteiger charge is -2.09. The van der Waals surface area contributed by atoms with Crippen molar-refractivity contribution in [2.24, 2.45) is 0 Å². The first-order valence-electron chi connectivity index (χ1n) is 4.95. The van der Waals surface area contributed by atoms with Crippen LogP contribution in [0.3, 0.4) is 0 Å². The molecule has 0 aliphatic carbocycles. The third-order valence-electron chi connectivity index (χ3n) is 2.38. The monoisotopic (exact) mass is 315 g/mol. The molecule has 0 unspecified atom stereocenters. The fourth-order valence-electron chi connectivity index (χ4n) is 1.39. The summed E-state index contributed by atoms with van der Waals surface area (Å²) in [6.07, 6.45) is 0. The fraction of sp³-hybridized carbons (Fsp3) is 0.182. The van der Waals surface area contributed by atoms with Crippen molar-refractivity contribution in [3.63, 3.8) is 0 Å². The molecule has 0 aliphatic heterocycles. The molecular formula is C11H11BrFN3S. The summed E-state index contributed by atoms with van der Waals surface area (Å²) in [7, 11) is 0. The Morgan fingerprint density at radius 1 is 1.53 bits per heavy atom. The average Bonchev–Trinajstić information content (AvgIpc) is 2.68. The molecule has 17 heavy (non-hydrogen) atoms. The Kier molecular flexibility index (Phi) is 3.63. The second-order valence-corrected chi connectivity index (χ2v) is 5.36. The minimum absolute atomic E-state index is 0.331. The van der Waals surface area contributed by atoms with E-state index >= 15 is 0 Å². The molecule has 1 heterocycles. The van der Waals surface area contributed by atoms with Gasteiger partial charge in [-0.3, -0.25) is 0 Å². The van der Waals surface area contributed by atoms with E-state index in [-0.39, 0.29) is 5.82 Å². The molecule has 6 heteroatoms. The second-order valence-electron chi connectivity index (χ2n) is 3.57. The van der Waals surface area contributed by atoms with Crippen LogP contribution in [0.4, 0.5) is 15.8 Å². The van der Waals surface area contributed by atoms with Crippen molar-refractivity contribution in [2.45, 2.75) is 13.5 Å². The first-order valence-corrected chi connectivity index (χ1v) is 6.62. The maximum atomic E-state index is 13.4. The number of nitrogens with one attached hydrogen (secondary N) is 1. The van der Waals surface area contributed by atoms with Crippen LogP contribution in [-0.4, -0.2) is 4.98 Å². The Hall–Kier alpha value is -1.14. The molecule has 1 aromatic heterocycles. The topological polar surface area (TPSA) is 50.9 Å². The summed E-state index contributed by atoms with van der Waals surface area (Å²) in [5, 5.41) is 3.11. The number of aromatic nitrogens is 1. The number of nitrogens with two attached hydrogens (primary N) is 1. The lowest BCUT2D eigenvalue weighted by atomic mass is 10.2. The van der Waals surface area contributed by atoms with Crippen LogP contribution in [-0.2, 0) is 6.54 Å². The van der Waals surface area contributed by atoms with Gasteiger partial charge in [-0.2, -0.15) is 0 Å². The number of thiazole rings is 1. The number of nitrogens with zero attached hydrogens (tertiary/aromatic N) is 1. The molecule has 2 aromatic rings. The zero-order chi connectivity index (χ0) is 12.4. The molecular weight excluding hydrogens is 305 g/mol. The van der Waals surface area contributed by atoms with Gasteiger partial charge in [-0.1, -0.05) is 0 Å². The average molecular weight is 316 g/mol. The van der Waals surface area contributed by atoms with E-state index in [1.165, 1.54) is 6.07 Å². The highest BCUT2D eigenvalue weighted by Crippen LogP contribution is 2.27. The quantitative estimate of drug-likeness (QED) is 0.852. The SMILES string of the molecule is Cc1ncsc1CNc1cc(F)c(Br)cc1N. The molecule has 0 spiro atoms. The lowest BCUT2D eigenvalue weighted by Crippen LogP contribution is -2.03. The van der Waals surface area contributed by atoms with Gasteiger partial charge in [-0.25, -0.2) is 9.37 Å². The van der Waals surface area contributed by atoms with E-state index in [1.807, 2.05) is 6.92 Å². The van der Waals surface area contributed by atoms with Gasteiger partial charge in [0.1, 0.15) is 5.82 Å². The molecule has 0 bridgehead atoms. The molecule has 0 saturated carbocycles. The maximum absolute atomic E-state index is 13.4. The predicted molar refractivity (Wildman–Crippen MR) is 72.7 cm³/mol. The molecule has 0 atom stereocenters. The summed E-state index contributed by atoms with van der Waals surface area (Å²) >= 11 is 4.66. The van der Waals surface area contributed by atoms with Gasteiger partial charge in [0.25, 0.3) is 0 Å². The zero-order valence-electron chi connectivity index (χ0n) is 9.13. The van der Waals surface area contributed by atoms with E-state index in [9.17, 15) is 4.39 Å². The van der Waals surface area contributed by atoms with Crippen LogP contribution in [0, 0.1) is 12.7 Å². The minimum atomic E-state index is -0.331. The molecule has 1 aromatic carbocycles. The highest BCUT2D eigenvalue weighted by Gasteiger charge is 2.07. The Morgan fingerprint density at radius 2 is 2.29 bits per heavy atom. The molecule has 0 aliphatic rings. The molecule has 0 amide bonds. The van der Waals surface area contributed by atoms with E-state index in [0.29, 0.717) is 22.4 Å². The number of nitrogen functional groups attached to an aromatic ring is 1. The number of aryl methyl sites for hydroxylation is 1. The van der Waals surface area contributed by atoms with E-state index in [2.05, 4.69) is 26.2 Å². The van der Waals surface area contributed by atoms with Gasteiger partial charge < -0.3 is 11.1 Å². The van der Waals surface area contributed by atoms with Crippen molar-refractivity contribution >= 4 is 38.6 Å². The third kappa shape index (κ3) is 2.76. The Bertz CT molecular complexity index is 542. The van der Waals surface area contributed by atoms with Gasteiger partial charge in [0.05, 0.1) is 33.6 Å². The van der Waals surface area contributed by atoms with Crippen molar-refractivity contribution in [1.29, 1.82) is 0 Å². The standard InChI is InChI=1S/C11H11BrFN3S/c1-6-11(17-5-16-6)4-15-10-3-8(13)7(12)2-9(10)14/h2-3,5,15H,4,14H2,1H3. The molecule has 3 N–H and O–H groups in total. The van der Waals surface area contributed by atoms with Gasteiger partial charge in [-0.05, 0) is 28.9 Å². The van der Waals surface area contributed by atoms with Crippen LogP contribution in [0.15, 0.2) is 22.1 Å². The smallest absolute Gasteiger partial charge is 0.139 e. The molecule has 90 valence electrons. The van der Waals surface area contributed by atoms with Crippen molar-refractivity contribution in [3.8, 4) is 0 Å². The molecule has 0 saturated heterocycles. The molecule has 2 rings (SSSR count). The van der Waals surface area contributed by atoms with Gasteiger partial charge >= 0.3 is 0 Å². The third-order valence-corrected chi connectivity index (χ3v) is 3.92. The second kappa shape index (κ2) is 5.01. The van der Waals surface area contributed by atoms with E-state index in [0.717, 1.165) is 10.6 Å². The Balaban J connectivity index is 2.14. The number of anilines is 2. The highest BCUT2D eigenvalue weighted by molar-refractivity contribution is 9.10. The summed E-state index contributed by atoms with van der Waals surface area (Å²) in [5.74, 6) is -0.331. The lowest BCUT2D eigenvalue weighted by molar-refractivity contribution is 0.622. The van der Waals surface area contributed by atoms with Crippen LogP contribution in [0.25, 0.3) is 0 Å². The van der Waals surface area contributed by atoms with Crippen molar-refractivity contribution < 1.29 is 4.39 Å². The van der Waals surface area contributed by atoms with E-state index < -0.39 is 0 Å². The summed E-state index contributed by atoms with van der Waals surface area (Å²) in [4.78, 5) is 5.27. The zero-order valence-corrected chi connectivity index (χ0v) is 11.5. The largest absolute Gasteiger partial charge is 0.397 e. The number of benzene rings is 1. The van der Waals surface area contributed by atoms with Crippen molar-refractivity contribution in [3.05, 3.63) is 38.5 Å². The Labute approximate surface area is 111 Å². The van der Waals surface area contributed by atoms with Gasteiger partial charge in [-0.15, -0.1) is 11.3 Å². The number of rotatable bonds is 3. The highest BCUT2D eigenvalue weighted by atomic mass is 79.9. The summed E-state index contributed by atoms with van der Waals surface area (Å²) in [5.41, 5.74) is 9.68. The first kappa shape index (κ1) is 12.3. The molecule has 0 fully saturated rings. The van der Waals surface area contributed by atoms with Gasteiger partial charge in [0.2, 0.25) is 0 Å². The van der Waals surface area contributed by atoms with Crippen LogP contribution in [0.5, 0.6) is 0 Å². The van der Waals surface area contributed by atoms with Gasteiger partial charge in [0.15, 0.2) is 0 Å². The predicted octanol–water partition coefficient (Wildman–Crippen LogP) is 3.55. The van der Waals surface area contributed by atoms with Crippen LogP contribution in [0.1, 0.15) is 10.6 Å². The van der Waals surface area contributed by atoms with Crippen LogP contribution in [0.2, 0.25) is 0 Å². The van der Waals surface area contributed by atoms with Crippen LogP contribution < -0.4 is 11.1 Å². The normalized spacial score (nSPS) is 10.5. The minimum Gasteiger partial charge on any atom is -0.397 e. The fourth-order valence-corrected chi connectivity index (χ4v) is 2.46. The van der Waals surface area contributed by atoms with Crippen LogP contribution >= 0.6 is 27.3 Å². The van der Waals surface area contributed by atoms with E-state index in [1.54, 1.807) is 22.9 Å². The van der Waals surface area contributed by atoms with Crippen molar-refractivity contribution in [2.75, 3.05) is 11.1 Å². The van der Waals surface area contributed by atoms with Gasteiger partial charge in [0, 0.05) is 10.9 Å². The number of hydrogen-bond donors (Lipinski definition) is 2. The number of hydrogen-bond acceptors (Lipinski definition) is 4. The summed E-state index contributed by atoms with van der Waals surface area (Å²) in [6.45, 7) is 2.54. The first-order chi connectivity index (χ1) is 8.08. The maximum Gasteiger partial charge on any atom is 0.139 e. The number of halogens is 2. The molecule has 3 nitrogen and oxygen atoms in total. The summed E-state index contributed by atoms with van der Waals surface area (Å²) in [6, 6.07) is 2.94. The summed E-state index contributed by atoms with van der Waals surface area (Å²) < 4.78 is 13.7. The Morgan fingerprint density at radius 3 is 2.94 bits per heavy atom.